The van der Waals surface area contributed by atoms with Crippen LogP contribution in [0.4, 0.5) is 10.5 Å². The number of benzene rings is 1. The summed E-state index contributed by atoms with van der Waals surface area (Å²) in [7, 11) is 0. The van der Waals surface area contributed by atoms with E-state index in [4.69, 9.17) is 5.11 Å². The van der Waals surface area contributed by atoms with Crippen LogP contribution in [-0.4, -0.2) is 23.7 Å². The van der Waals surface area contributed by atoms with Crippen molar-refractivity contribution >= 4 is 40.3 Å². The van der Waals surface area contributed by atoms with E-state index in [9.17, 15) is 9.59 Å². The van der Waals surface area contributed by atoms with Crippen molar-refractivity contribution in [1.29, 1.82) is 0 Å². The predicted molar refractivity (Wildman–Crippen MR) is 78.0 cm³/mol. The van der Waals surface area contributed by atoms with E-state index in [-0.39, 0.29) is 5.56 Å². The fraction of sp³-hybridized carbons (Fsp3) is 0.167. The molecule has 6 heteroatoms. The molecule has 0 spiro atoms. The second-order valence-corrected chi connectivity index (χ2v) is 5.04. The van der Waals surface area contributed by atoms with Crippen LogP contribution in [0, 0.1) is 3.57 Å². The van der Waals surface area contributed by atoms with E-state index < -0.39 is 12.0 Å². The van der Waals surface area contributed by atoms with Gasteiger partial charge in [0.2, 0.25) is 0 Å². The normalized spacial score (nSPS) is 9.67. The first kappa shape index (κ1) is 14.5. The minimum atomic E-state index is -1.03. The zero-order chi connectivity index (χ0) is 13.7. The molecule has 0 aliphatic carbocycles. The van der Waals surface area contributed by atoms with Gasteiger partial charge < -0.3 is 15.7 Å². The van der Waals surface area contributed by atoms with Crippen molar-refractivity contribution in [2.45, 2.75) is 6.92 Å². The molecular formula is C12H13IN2O3. The largest absolute Gasteiger partial charge is 0.478 e. The Kier molecular flexibility index (Phi) is 5.14. The lowest BCUT2D eigenvalue weighted by Gasteiger charge is -2.08. The molecule has 3 N–H and O–H groups in total. The molecule has 0 radical (unpaired) electrons. The number of nitrogens with one attached hydrogen (secondary N) is 2. The maximum absolute atomic E-state index is 11.5. The van der Waals surface area contributed by atoms with Gasteiger partial charge in [-0.15, -0.1) is 0 Å². The molecule has 0 heterocycles. The summed E-state index contributed by atoms with van der Waals surface area (Å²) >= 11 is 1.99. The molecule has 0 saturated heterocycles. The second kappa shape index (κ2) is 6.39. The monoisotopic (exact) mass is 360 g/mol. The Bertz CT molecular complexity index is 500. The maximum atomic E-state index is 11.5. The molecule has 96 valence electrons. The number of anilines is 1. The number of carboxylic acids is 1. The molecule has 1 rings (SSSR count). The van der Waals surface area contributed by atoms with Crippen LogP contribution in [0.15, 0.2) is 30.4 Å². The standard InChI is InChI=1S/C12H13IN2O3/c1-7(2)6-14-12(18)15-10-4-8(11(16)17)3-9(13)5-10/h3-5H,1,6H2,2H3,(H,16,17)(H2,14,15,18). The summed E-state index contributed by atoms with van der Waals surface area (Å²) in [6.07, 6.45) is 0. The van der Waals surface area contributed by atoms with Gasteiger partial charge in [-0.1, -0.05) is 12.2 Å². The lowest BCUT2D eigenvalue weighted by molar-refractivity contribution is 0.0697. The molecule has 1 aromatic rings. The molecule has 0 fully saturated rings. The van der Waals surface area contributed by atoms with Crippen LogP contribution in [0.2, 0.25) is 0 Å². The molecule has 5 nitrogen and oxygen atoms in total. The molecule has 0 aliphatic rings. The Balaban J connectivity index is 2.75. The summed E-state index contributed by atoms with van der Waals surface area (Å²) in [5, 5.41) is 14.1. The highest BCUT2D eigenvalue weighted by molar-refractivity contribution is 14.1. The van der Waals surface area contributed by atoms with Crippen molar-refractivity contribution in [2.24, 2.45) is 0 Å². The highest BCUT2D eigenvalue weighted by Crippen LogP contribution is 2.16. The first-order valence-corrected chi connectivity index (χ1v) is 6.19. The molecule has 0 bridgehead atoms. The molecule has 1 aromatic carbocycles. The van der Waals surface area contributed by atoms with Crippen LogP contribution in [0.25, 0.3) is 0 Å². The number of urea groups is 1. The topological polar surface area (TPSA) is 78.4 Å². The van der Waals surface area contributed by atoms with E-state index in [1.54, 1.807) is 13.0 Å². The molecule has 0 aliphatic heterocycles. The summed E-state index contributed by atoms with van der Waals surface area (Å²) in [5.41, 5.74) is 1.41. The third-order valence-corrected chi connectivity index (χ3v) is 2.58. The maximum Gasteiger partial charge on any atom is 0.335 e. The average molecular weight is 360 g/mol. The minimum absolute atomic E-state index is 0.136. The summed E-state index contributed by atoms with van der Waals surface area (Å²) in [6.45, 7) is 5.84. The zero-order valence-electron chi connectivity index (χ0n) is 9.79. The number of rotatable bonds is 4. The van der Waals surface area contributed by atoms with Gasteiger partial charge in [-0.25, -0.2) is 9.59 Å². The summed E-state index contributed by atoms with van der Waals surface area (Å²) in [6, 6.07) is 4.23. The Morgan fingerprint density at radius 1 is 1.39 bits per heavy atom. The number of carboxylic acid groups (broad SMARTS) is 1. The quantitative estimate of drug-likeness (QED) is 0.571. The molecule has 0 unspecified atom stereocenters. The van der Waals surface area contributed by atoms with Crippen LogP contribution in [-0.2, 0) is 0 Å². The van der Waals surface area contributed by atoms with Crippen LogP contribution >= 0.6 is 22.6 Å². The predicted octanol–water partition coefficient (Wildman–Crippen LogP) is 2.69. The van der Waals surface area contributed by atoms with E-state index in [0.717, 1.165) is 9.14 Å². The highest BCUT2D eigenvalue weighted by Gasteiger charge is 2.08. The third-order valence-electron chi connectivity index (χ3n) is 1.95. The van der Waals surface area contributed by atoms with Crippen LogP contribution in [0.1, 0.15) is 17.3 Å². The van der Waals surface area contributed by atoms with E-state index in [1.165, 1.54) is 12.1 Å². The number of halogens is 1. The summed E-state index contributed by atoms with van der Waals surface area (Å²) in [5.74, 6) is -1.03. The zero-order valence-corrected chi connectivity index (χ0v) is 11.9. The molecule has 0 saturated carbocycles. The first-order valence-electron chi connectivity index (χ1n) is 5.11. The van der Waals surface area contributed by atoms with Crippen molar-refractivity contribution < 1.29 is 14.7 Å². The Morgan fingerprint density at radius 2 is 2.06 bits per heavy atom. The van der Waals surface area contributed by atoms with E-state index in [0.29, 0.717) is 12.2 Å². The van der Waals surface area contributed by atoms with Crippen molar-refractivity contribution in [3.63, 3.8) is 0 Å². The van der Waals surface area contributed by atoms with Crippen LogP contribution < -0.4 is 10.6 Å². The van der Waals surface area contributed by atoms with E-state index in [1.807, 2.05) is 22.6 Å². The summed E-state index contributed by atoms with van der Waals surface area (Å²) < 4.78 is 0.739. The SMILES string of the molecule is C=C(C)CNC(=O)Nc1cc(I)cc(C(=O)O)c1. The number of aromatic carboxylic acids is 1. The van der Waals surface area contributed by atoms with Gasteiger partial charge in [-0.05, 0) is 47.7 Å². The lowest BCUT2D eigenvalue weighted by atomic mass is 10.2. The van der Waals surface area contributed by atoms with Gasteiger partial charge in [0.1, 0.15) is 0 Å². The number of carbonyl (C=O) groups excluding carboxylic acids is 1. The van der Waals surface area contributed by atoms with Gasteiger partial charge in [0, 0.05) is 15.8 Å². The lowest BCUT2D eigenvalue weighted by Crippen LogP contribution is -2.29. The molecule has 18 heavy (non-hydrogen) atoms. The molecule has 0 atom stereocenters. The van der Waals surface area contributed by atoms with E-state index in [2.05, 4.69) is 17.2 Å². The number of carbonyl (C=O) groups is 2. The van der Waals surface area contributed by atoms with Crippen molar-refractivity contribution in [1.82, 2.24) is 5.32 Å². The summed E-state index contributed by atoms with van der Waals surface area (Å²) in [4.78, 5) is 22.4. The number of hydrogen-bond acceptors (Lipinski definition) is 2. The molecule has 0 aromatic heterocycles. The van der Waals surface area contributed by atoms with Crippen molar-refractivity contribution in [3.05, 3.63) is 39.5 Å². The molecule has 2 amide bonds. The highest BCUT2D eigenvalue weighted by atomic mass is 127. The van der Waals surface area contributed by atoms with E-state index >= 15 is 0 Å². The van der Waals surface area contributed by atoms with Gasteiger partial charge in [-0.3, -0.25) is 0 Å². The minimum Gasteiger partial charge on any atom is -0.478 e. The number of hydrogen-bond donors (Lipinski definition) is 3. The van der Waals surface area contributed by atoms with Gasteiger partial charge in [-0.2, -0.15) is 0 Å². The fourth-order valence-corrected chi connectivity index (χ4v) is 1.86. The van der Waals surface area contributed by atoms with Crippen LogP contribution in [0.5, 0.6) is 0 Å². The first-order chi connectivity index (χ1) is 8.38. The number of amides is 2. The van der Waals surface area contributed by atoms with Crippen molar-refractivity contribution in [2.75, 3.05) is 11.9 Å². The Labute approximate surface area is 118 Å². The van der Waals surface area contributed by atoms with Gasteiger partial charge in [0.05, 0.1) is 5.56 Å². The van der Waals surface area contributed by atoms with Gasteiger partial charge >= 0.3 is 12.0 Å². The smallest absolute Gasteiger partial charge is 0.335 e. The third kappa shape index (κ3) is 4.74. The second-order valence-electron chi connectivity index (χ2n) is 3.80. The van der Waals surface area contributed by atoms with Crippen molar-refractivity contribution in [3.8, 4) is 0 Å². The Hall–Kier alpha value is -1.57. The fourth-order valence-electron chi connectivity index (χ4n) is 1.19. The van der Waals surface area contributed by atoms with Gasteiger partial charge in [0.15, 0.2) is 0 Å². The van der Waals surface area contributed by atoms with Gasteiger partial charge in [0.25, 0.3) is 0 Å². The van der Waals surface area contributed by atoms with Crippen LogP contribution in [0.3, 0.4) is 0 Å². The average Bonchev–Trinajstić information content (AvgIpc) is 2.25. The molecular weight excluding hydrogens is 347 g/mol. The Morgan fingerprint density at radius 3 is 2.61 bits per heavy atom.